The van der Waals surface area contributed by atoms with Crippen LogP contribution in [0, 0.1) is 0 Å². The molecule has 7 nitrogen and oxygen atoms in total. The van der Waals surface area contributed by atoms with Gasteiger partial charge in [-0.2, -0.15) is 4.52 Å². The molecule has 0 aromatic carbocycles. The Bertz CT molecular complexity index is 1010. The molecule has 0 saturated heterocycles. The number of aromatic nitrogens is 4. The lowest BCUT2D eigenvalue weighted by Crippen LogP contribution is -2.31. The van der Waals surface area contributed by atoms with Gasteiger partial charge in [0, 0.05) is 24.8 Å². The van der Waals surface area contributed by atoms with Crippen molar-refractivity contribution in [2.24, 2.45) is 0 Å². The smallest absolute Gasteiger partial charge is 0.254 e. The first-order valence-corrected chi connectivity index (χ1v) is 9.17. The van der Waals surface area contributed by atoms with Gasteiger partial charge in [0.1, 0.15) is 5.82 Å². The first-order valence-electron chi connectivity index (χ1n) is 9.17. The number of H-pyrrole nitrogens is 1. The molecule has 0 aliphatic rings. The van der Waals surface area contributed by atoms with Gasteiger partial charge in [-0.25, -0.2) is 4.98 Å². The highest BCUT2D eigenvalue weighted by atomic mass is 16.2. The number of carbonyl (C=O) groups is 1. The average molecular weight is 376 g/mol. The number of anilines is 1. The Labute approximate surface area is 163 Å². The molecule has 0 aliphatic heterocycles. The molecule has 0 fully saturated rings. The highest BCUT2D eigenvalue weighted by Gasteiger charge is 2.17. The maximum absolute atomic E-state index is 12.9. The SMILES string of the molecule is C=C/C=C\C=C/CCN(CC)C(=O)c1cc(N)n2nc(-c3ccc[nH]3)nc2c1. The van der Waals surface area contributed by atoms with Crippen molar-refractivity contribution in [1.29, 1.82) is 0 Å². The number of nitrogens with zero attached hydrogens (tertiary/aromatic N) is 4. The van der Waals surface area contributed by atoms with Crippen molar-refractivity contribution in [2.45, 2.75) is 13.3 Å². The number of pyridine rings is 1. The molecule has 144 valence electrons. The fourth-order valence-corrected chi connectivity index (χ4v) is 2.85. The van der Waals surface area contributed by atoms with Crippen molar-refractivity contribution in [1.82, 2.24) is 24.5 Å². The molecule has 0 aliphatic carbocycles. The number of rotatable bonds is 8. The number of hydrogen-bond acceptors (Lipinski definition) is 4. The van der Waals surface area contributed by atoms with Crippen LogP contribution in [0.5, 0.6) is 0 Å². The summed E-state index contributed by atoms with van der Waals surface area (Å²) in [5.41, 5.74) is 7.97. The minimum atomic E-state index is -0.0730. The Morgan fingerprint density at radius 3 is 2.93 bits per heavy atom. The number of fused-ring (bicyclic) bond motifs is 1. The topological polar surface area (TPSA) is 92.3 Å². The van der Waals surface area contributed by atoms with Gasteiger partial charge in [0.25, 0.3) is 5.91 Å². The highest BCUT2D eigenvalue weighted by Crippen LogP contribution is 2.19. The van der Waals surface area contributed by atoms with E-state index >= 15 is 0 Å². The Kier molecular flexibility index (Phi) is 6.06. The van der Waals surface area contributed by atoms with E-state index in [1.54, 1.807) is 29.3 Å². The summed E-state index contributed by atoms with van der Waals surface area (Å²) in [6.07, 6.45) is 12.0. The van der Waals surface area contributed by atoms with Crippen LogP contribution in [-0.4, -0.2) is 43.5 Å². The number of nitrogen functional groups attached to an aromatic ring is 1. The minimum absolute atomic E-state index is 0.0730. The summed E-state index contributed by atoms with van der Waals surface area (Å²) in [6, 6.07) is 7.13. The van der Waals surface area contributed by atoms with Gasteiger partial charge in [-0.05, 0) is 37.6 Å². The molecular weight excluding hydrogens is 352 g/mol. The van der Waals surface area contributed by atoms with E-state index in [1.807, 2.05) is 43.4 Å². The Morgan fingerprint density at radius 1 is 1.36 bits per heavy atom. The van der Waals surface area contributed by atoms with Crippen LogP contribution in [0.1, 0.15) is 23.7 Å². The molecule has 3 rings (SSSR count). The molecule has 0 atom stereocenters. The summed E-state index contributed by atoms with van der Waals surface area (Å²) in [6.45, 7) is 6.82. The summed E-state index contributed by atoms with van der Waals surface area (Å²) >= 11 is 0. The molecule has 3 N–H and O–H groups in total. The second-order valence-electron chi connectivity index (χ2n) is 6.18. The number of nitrogens with one attached hydrogen (secondary N) is 1. The fourth-order valence-electron chi connectivity index (χ4n) is 2.85. The molecule has 7 heteroatoms. The quantitative estimate of drug-likeness (QED) is 0.589. The predicted octanol–water partition coefficient (Wildman–Crippen LogP) is 3.46. The molecular formula is C21H24N6O. The third kappa shape index (κ3) is 4.20. The lowest BCUT2D eigenvalue weighted by Gasteiger charge is -2.20. The monoisotopic (exact) mass is 376 g/mol. The van der Waals surface area contributed by atoms with Crippen molar-refractivity contribution < 1.29 is 4.79 Å². The van der Waals surface area contributed by atoms with Crippen LogP contribution in [0.25, 0.3) is 17.2 Å². The number of nitrogens with two attached hydrogens (primary N) is 1. The van der Waals surface area contributed by atoms with Crippen molar-refractivity contribution in [3.8, 4) is 11.5 Å². The van der Waals surface area contributed by atoms with E-state index in [-0.39, 0.29) is 5.91 Å². The maximum atomic E-state index is 12.9. The van der Waals surface area contributed by atoms with Crippen LogP contribution in [0.4, 0.5) is 5.82 Å². The van der Waals surface area contributed by atoms with E-state index in [9.17, 15) is 4.79 Å². The van der Waals surface area contributed by atoms with E-state index in [0.29, 0.717) is 35.9 Å². The molecule has 0 radical (unpaired) electrons. The zero-order valence-electron chi connectivity index (χ0n) is 15.9. The number of amides is 1. The molecule has 0 unspecified atom stereocenters. The lowest BCUT2D eigenvalue weighted by molar-refractivity contribution is 0.0767. The average Bonchev–Trinajstić information content (AvgIpc) is 3.36. The van der Waals surface area contributed by atoms with Gasteiger partial charge in [0.05, 0.1) is 5.69 Å². The van der Waals surface area contributed by atoms with E-state index in [1.165, 1.54) is 4.52 Å². The fraction of sp³-hybridized carbons (Fsp3) is 0.190. The van der Waals surface area contributed by atoms with E-state index in [0.717, 1.165) is 12.1 Å². The first kappa shape index (κ1) is 19.2. The number of allylic oxidation sites excluding steroid dienone is 4. The Hall–Kier alpha value is -3.61. The molecule has 3 heterocycles. The zero-order valence-corrected chi connectivity index (χ0v) is 15.9. The van der Waals surface area contributed by atoms with Crippen LogP contribution in [0.2, 0.25) is 0 Å². The van der Waals surface area contributed by atoms with Crippen molar-refractivity contribution in [3.63, 3.8) is 0 Å². The molecule has 0 spiro atoms. The highest BCUT2D eigenvalue weighted by molar-refractivity contribution is 5.96. The standard InChI is InChI=1S/C21H24N6O/c1-3-5-6-7-8-9-13-26(4-2)21(28)16-14-18(22)27-19(15-16)24-20(25-27)17-11-10-12-23-17/h3,5-8,10-12,14-15,23H,1,4,9,13,22H2,2H3/b6-5-,8-7-. The second-order valence-corrected chi connectivity index (χ2v) is 6.18. The molecule has 3 aromatic heterocycles. The van der Waals surface area contributed by atoms with Gasteiger partial charge in [0.2, 0.25) is 0 Å². The van der Waals surface area contributed by atoms with Gasteiger partial charge < -0.3 is 15.6 Å². The third-order valence-electron chi connectivity index (χ3n) is 4.28. The van der Waals surface area contributed by atoms with Crippen molar-refractivity contribution in [2.75, 3.05) is 18.8 Å². The van der Waals surface area contributed by atoms with E-state index in [2.05, 4.69) is 21.6 Å². The molecule has 1 amide bonds. The van der Waals surface area contributed by atoms with Crippen LogP contribution in [-0.2, 0) is 0 Å². The number of aromatic amines is 1. The number of hydrogen-bond donors (Lipinski definition) is 2. The Morgan fingerprint density at radius 2 is 2.21 bits per heavy atom. The number of carbonyl (C=O) groups excluding carboxylic acids is 1. The normalized spacial score (nSPS) is 11.6. The van der Waals surface area contributed by atoms with Gasteiger partial charge in [-0.15, -0.1) is 5.10 Å². The minimum Gasteiger partial charge on any atom is -0.384 e. The summed E-state index contributed by atoms with van der Waals surface area (Å²) in [4.78, 5) is 22.3. The van der Waals surface area contributed by atoms with E-state index in [4.69, 9.17) is 5.73 Å². The van der Waals surface area contributed by atoms with E-state index < -0.39 is 0 Å². The van der Waals surface area contributed by atoms with Crippen LogP contribution >= 0.6 is 0 Å². The molecule has 28 heavy (non-hydrogen) atoms. The summed E-state index contributed by atoms with van der Waals surface area (Å²) in [5, 5.41) is 4.41. The first-order chi connectivity index (χ1) is 13.6. The van der Waals surface area contributed by atoms with Crippen molar-refractivity contribution >= 4 is 17.4 Å². The Balaban J connectivity index is 1.79. The van der Waals surface area contributed by atoms with Gasteiger partial charge in [-0.3, -0.25) is 4.79 Å². The maximum Gasteiger partial charge on any atom is 0.254 e. The summed E-state index contributed by atoms with van der Waals surface area (Å²) < 4.78 is 1.54. The zero-order chi connectivity index (χ0) is 19.9. The molecule has 0 bridgehead atoms. The van der Waals surface area contributed by atoms with Crippen LogP contribution in [0.3, 0.4) is 0 Å². The third-order valence-corrected chi connectivity index (χ3v) is 4.28. The van der Waals surface area contributed by atoms with Gasteiger partial charge in [0.15, 0.2) is 11.5 Å². The van der Waals surface area contributed by atoms with Gasteiger partial charge in [-0.1, -0.05) is 37.0 Å². The molecule has 3 aromatic rings. The largest absolute Gasteiger partial charge is 0.384 e. The van der Waals surface area contributed by atoms with Gasteiger partial charge >= 0.3 is 0 Å². The molecule has 0 saturated carbocycles. The summed E-state index contributed by atoms with van der Waals surface area (Å²) in [5.74, 6) is 0.833. The second kappa shape index (κ2) is 8.85. The summed E-state index contributed by atoms with van der Waals surface area (Å²) in [7, 11) is 0. The van der Waals surface area contributed by atoms with Crippen LogP contribution in [0.15, 0.2) is 67.4 Å². The van der Waals surface area contributed by atoms with Crippen molar-refractivity contribution in [3.05, 3.63) is 73.0 Å². The lowest BCUT2D eigenvalue weighted by atomic mass is 10.2. The predicted molar refractivity (Wildman–Crippen MR) is 112 cm³/mol. The van der Waals surface area contributed by atoms with Crippen LogP contribution < -0.4 is 5.73 Å².